The average Bonchev–Trinajstić information content (AvgIpc) is 2.59. The number of aliphatic hydroxyl groups excluding tert-OH is 1. The van der Waals surface area contributed by atoms with Crippen LogP contribution >= 0.6 is 0 Å². The van der Waals surface area contributed by atoms with Crippen molar-refractivity contribution in [1.82, 2.24) is 5.32 Å². The highest BCUT2D eigenvalue weighted by molar-refractivity contribution is 5.89. The van der Waals surface area contributed by atoms with Crippen LogP contribution in [0.25, 0.3) is 0 Å². The van der Waals surface area contributed by atoms with Crippen LogP contribution in [0.4, 0.5) is 10.5 Å². The normalized spacial score (nSPS) is 17.7. The van der Waals surface area contributed by atoms with Gasteiger partial charge in [-0.3, -0.25) is 0 Å². The monoisotopic (exact) mass is 348 g/mol. The van der Waals surface area contributed by atoms with Gasteiger partial charge in [-0.15, -0.1) is 0 Å². The van der Waals surface area contributed by atoms with Gasteiger partial charge in [0, 0.05) is 12.2 Å². The van der Waals surface area contributed by atoms with Gasteiger partial charge < -0.3 is 20.5 Å². The molecule has 1 aromatic carbocycles. The van der Waals surface area contributed by atoms with E-state index in [4.69, 9.17) is 4.74 Å². The molecule has 2 unspecified atom stereocenters. The molecule has 0 aromatic heterocycles. The van der Waals surface area contributed by atoms with E-state index in [0.29, 0.717) is 25.7 Å². The topological polar surface area (TPSA) is 70.6 Å². The molecule has 1 saturated carbocycles. The zero-order valence-corrected chi connectivity index (χ0v) is 15.5. The highest BCUT2D eigenvalue weighted by atomic mass is 16.5. The van der Waals surface area contributed by atoms with E-state index >= 15 is 0 Å². The van der Waals surface area contributed by atoms with E-state index in [1.54, 1.807) is 6.92 Å². The van der Waals surface area contributed by atoms with Crippen molar-refractivity contribution < 1.29 is 14.6 Å². The van der Waals surface area contributed by atoms with E-state index in [1.807, 2.05) is 31.2 Å². The van der Waals surface area contributed by atoms with Crippen molar-refractivity contribution >= 4 is 11.7 Å². The lowest BCUT2D eigenvalue weighted by Gasteiger charge is -2.22. The molecular formula is C20H32N2O3. The Morgan fingerprint density at radius 2 is 2.04 bits per heavy atom. The molecule has 0 saturated heterocycles. The summed E-state index contributed by atoms with van der Waals surface area (Å²) in [7, 11) is 0. The molecule has 5 nitrogen and oxygen atoms in total. The molecule has 1 aliphatic rings. The zero-order valence-electron chi connectivity index (χ0n) is 15.5. The molecule has 0 spiro atoms. The summed E-state index contributed by atoms with van der Waals surface area (Å²) in [6.45, 7) is 4.90. The molecule has 0 bridgehead atoms. The number of rotatable bonds is 8. The SMILES string of the molecule is CC(O)CC(C)CNC(=O)Nc1cccc(COC2CCCCC2)c1. The largest absolute Gasteiger partial charge is 0.393 e. The molecule has 2 atom stereocenters. The van der Waals surface area contributed by atoms with Crippen LogP contribution in [-0.4, -0.2) is 29.9 Å². The number of carbonyl (C=O) groups excluding carboxylic acids is 1. The number of carbonyl (C=O) groups is 1. The van der Waals surface area contributed by atoms with Crippen LogP contribution in [0.2, 0.25) is 0 Å². The average molecular weight is 348 g/mol. The second-order valence-corrected chi connectivity index (χ2v) is 7.30. The number of urea groups is 1. The van der Waals surface area contributed by atoms with Crippen LogP contribution in [0.1, 0.15) is 57.9 Å². The number of aliphatic hydroxyl groups is 1. The van der Waals surface area contributed by atoms with Crippen molar-refractivity contribution in [2.24, 2.45) is 5.92 Å². The van der Waals surface area contributed by atoms with E-state index in [1.165, 1.54) is 19.3 Å². The maximum Gasteiger partial charge on any atom is 0.319 e. The van der Waals surface area contributed by atoms with E-state index in [0.717, 1.165) is 24.1 Å². The van der Waals surface area contributed by atoms with Crippen molar-refractivity contribution in [2.45, 2.75) is 71.2 Å². The Bertz CT molecular complexity index is 527. The first kappa shape index (κ1) is 19.7. The lowest BCUT2D eigenvalue weighted by atomic mass is 9.98. The number of nitrogens with one attached hydrogen (secondary N) is 2. The minimum Gasteiger partial charge on any atom is -0.393 e. The zero-order chi connectivity index (χ0) is 18.1. The van der Waals surface area contributed by atoms with Crippen molar-refractivity contribution in [3.63, 3.8) is 0 Å². The van der Waals surface area contributed by atoms with E-state index in [-0.39, 0.29) is 18.1 Å². The molecule has 0 aliphatic heterocycles. The third-order valence-corrected chi connectivity index (χ3v) is 4.58. The van der Waals surface area contributed by atoms with Gasteiger partial charge in [-0.25, -0.2) is 4.79 Å². The maximum absolute atomic E-state index is 12.0. The number of amides is 2. The molecule has 5 heteroatoms. The smallest absolute Gasteiger partial charge is 0.319 e. The van der Waals surface area contributed by atoms with Gasteiger partial charge in [-0.1, -0.05) is 38.3 Å². The third-order valence-electron chi connectivity index (χ3n) is 4.58. The maximum atomic E-state index is 12.0. The number of anilines is 1. The van der Waals surface area contributed by atoms with Gasteiger partial charge in [-0.2, -0.15) is 0 Å². The van der Waals surface area contributed by atoms with Crippen molar-refractivity contribution in [3.8, 4) is 0 Å². The summed E-state index contributed by atoms with van der Waals surface area (Å²) in [5, 5.41) is 15.1. The van der Waals surface area contributed by atoms with Crippen molar-refractivity contribution in [1.29, 1.82) is 0 Å². The summed E-state index contributed by atoms with van der Waals surface area (Å²) < 4.78 is 5.99. The number of benzene rings is 1. The number of hydrogen-bond acceptors (Lipinski definition) is 3. The quantitative estimate of drug-likeness (QED) is 0.663. The summed E-state index contributed by atoms with van der Waals surface area (Å²) in [6.07, 6.45) is 6.87. The molecule has 25 heavy (non-hydrogen) atoms. The van der Waals surface area contributed by atoms with Gasteiger partial charge in [0.2, 0.25) is 0 Å². The molecule has 0 radical (unpaired) electrons. The van der Waals surface area contributed by atoms with Gasteiger partial charge in [-0.05, 0) is 49.8 Å². The van der Waals surface area contributed by atoms with Gasteiger partial charge in [0.05, 0.1) is 18.8 Å². The fourth-order valence-corrected chi connectivity index (χ4v) is 3.29. The fourth-order valence-electron chi connectivity index (χ4n) is 3.29. The fraction of sp³-hybridized carbons (Fsp3) is 0.650. The Morgan fingerprint density at radius 3 is 2.76 bits per heavy atom. The van der Waals surface area contributed by atoms with Gasteiger partial charge in [0.25, 0.3) is 0 Å². The first-order valence-corrected chi connectivity index (χ1v) is 9.46. The number of ether oxygens (including phenoxy) is 1. The molecule has 1 fully saturated rings. The Morgan fingerprint density at radius 1 is 1.28 bits per heavy atom. The molecule has 3 N–H and O–H groups in total. The first-order chi connectivity index (χ1) is 12.0. The van der Waals surface area contributed by atoms with Crippen LogP contribution in [-0.2, 0) is 11.3 Å². The van der Waals surface area contributed by atoms with Crippen molar-refractivity contribution in [2.75, 3.05) is 11.9 Å². The highest BCUT2D eigenvalue weighted by Crippen LogP contribution is 2.22. The Balaban J connectivity index is 1.75. The second kappa shape index (κ2) is 10.4. The minimum atomic E-state index is -0.347. The Kier molecular flexibility index (Phi) is 8.22. The summed E-state index contributed by atoms with van der Waals surface area (Å²) in [5.41, 5.74) is 1.84. The van der Waals surface area contributed by atoms with Crippen molar-refractivity contribution in [3.05, 3.63) is 29.8 Å². The summed E-state index contributed by atoms with van der Waals surface area (Å²) in [6, 6.07) is 7.58. The minimum absolute atomic E-state index is 0.220. The summed E-state index contributed by atoms with van der Waals surface area (Å²) in [5.74, 6) is 0.237. The lowest BCUT2D eigenvalue weighted by molar-refractivity contribution is 0.0169. The van der Waals surface area contributed by atoms with E-state index in [9.17, 15) is 9.90 Å². The molecular weight excluding hydrogens is 316 g/mol. The molecule has 1 aromatic rings. The van der Waals surface area contributed by atoms with Crippen LogP contribution in [0.15, 0.2) is 24.3 Å². The van der Waals surface area contributed by atoms with Crippen LogP contribution in [0.3, 0.4) is 0 Å². The molecule has 2 amide bonds. The summed E-state index contributed by atoms with van der Waals surface area (Å²) >= 11 is 0. The van der Waals surface area contributed by atoms with E-state index < -0.39 is 0 Å². The standard InChI is InChI=1S/C20H32N2O3/c1-15(11-16(2)23)13-21-20(24)22-18-8-6-7-17(12-18)14-25-19-9-4-3-5-10-19/h6-8,12,15-16,19,23H,3-5,9-11,13-14H2,1-2H3,(H2,21,22,24). The van der Waals surface area contributed by atoms with E-state index in [2.05, 4.69) is 10.6 Å². The molecule has 2 rings (SSSR count). The Labute approximate surface area is 151 Å². The van der Waals surface area contributed by atoms with Crippen LogP contribution in [0, 0.1) is 5.92 Å². The van der Waals surface area contributed by atoms with Gasteiger partial charge in [0.1, 0.15) is 0 Å². The lowest BCUT2D eigenvalue weighted by Crippen LogP contribution is -2.33. The summed E-state index contributed by atoms with van der Waals surface area (Å²) in [4.78, 5) is 12.0. The van der Waals surface area contributed by atoms with Crippen LogP contribution < -0.4 is 10.6 Å². The molecule has 140 valence electrons. The Hall–Kier alpha value is -1.59. The predicted molar refractivity (Wildman–Crippen MR) is 101 cm³/mol. The molecule has 0 heterocycles. The predicted octanol–water partition coefficient (Wildman–Crippen LogP) is 4.06. The highest BCUT2D eigenvalue weighted by Gasteiger charge is 2.14. The second-order valence-electron chi connectivity index (χ2n) is 7.30. The van der Waals surface area contributed by atoms with Crippen LogP contribution in [0.5, 0.6) is 0 Å². The number of hydrogen-bond donors (Lipinski definition) is 3. The van der Waals surface area contributed by atoms with Gasteiger partial charge in [0.15, 0.2) is 0 Å². The van der Waals surface area contributed by atoms with Gasteiger partial charge >= 0.3 is 6.03 Å². The molecule has 1 aliphatic carbocycles. The first-order valence-electron chi connectivity index (χ1n) is 9.46. The third kappa shape index (κ3) is 7.88.